The van der Waals surface area contributed by atoms with Gasteiger partial charge in [0.05, 0.1) is 17.1 Å². The molecule has 1 N–H and O–H groups in total. The lowest BCUT2D eigenvalue weighted by Crippen LogP contribution is -2.11. The number of nitrogens with zero attached hydrogens (tertiary/aromatic N) is 1. The number of hydrogen-bond donors (Lipinski definition) is 1. The van der Waals surface area contributed by atoms with Gasteiger partial charge >= 0.3 is 0 Å². The number of nitrogens with one attached hydrogen (secondary N) is 1. The Morgan fingerprint density at radius 1 is 0.574 bits per heavy atom. The van der Waals surface area contributed by atoms with E-state index in [0.29, 0.717) is 0 Å². The third kappa shape index (κ3) is 9.96. The lowest BCUT2D eigenvalue weighted by Gasteiger charge is -2.26. The summed E-state index contributed by atoms with van der Waals surface area (Å²) in [7, 11) is 0. The zero-order valence-corrected chi connectivity index (χ0v) is 40.1. The number of hydrogen-bond acceptors (Lipinski definition) is 1. The number of aromatic nitrogens is 1. The fourth-order valence-electron chi connectivity index (χ4n) is 8.42. The summed E-state index contributed by atoms with van der Waals surface area (Å²) in [6.07, 6.45) is 10.0. The predicted octanol–water partition coefficient (Wildman–Crippen LogP) is 16.7. The second kappa shape index (κ2) is 17.6. The Labute approximate surface area is 369 Å². The fraction of sp³-hybridized carbons (Fsp3) is 0.373. The maximum atomic E-state index is 5.71. The molecular weight excluding hydrogens is 737 g/mol. The number of aliphatic imine (C=N–C) groups is 1. The Morgan fingerprint density at radius 2 is 1.08 bits per heavy atom. The lowest BCUT2D eigenvalue weighted by molar-refractivity contribution is 0.482. The molecule has 0 saturated carbocycles. The van der Waals surface area contributed by atoms with Gasteiger partial charge in [-0.1, -0.05) is 219 Å². The summed E-state index contributed by atoms with van der Waals surface area (Å²) < 4.78 is 0. The monoisotopic (exact) mass is 809 g/mol. The van der Waals surface area contributed by atoms with E-state index in [1.807, 2.05) is 13.8 Å². The van der Waals surface area contributed by atoms with Gasteiger partial charge in [-0.05, 0) is 97.6 Å². The van der Waals surface area contributed by atoms with Crippen molar-refractivity contribution in [2.75, 3.05) is 0 Å². The van der Waals surface area contributed by atoms with Crippen molar-refractivity contribution in [2.45, 2.75) is 139 Å². The molecule has 0 radical (unpaired) electrons. The first-order valence-corrected chi connectivity index (χ1v) is 22.8. The van der Waals surface area contributed by atoms with Crippen molar-refractivity contribution in [3.8, 4) is 11.3 Å². The summed E-state index contributed by atoms with van der Waals surface area (Å²) in [4.78, 5) is 9.80. The van der Waals surface area contributed by atoms with Gasteiger partial charge in [-0.15, -0.1) is 0 Å². The van der Waals surface area contributed by atoms with Crippen molar-refractivity contribution >= 4 is 22.4 Å². The maximum absolute atomic E-state index is 5.71. The highest BCUT2D eigenvalue weighted by Crippen LogP contribution is 2.46. The van der Waals surface area contributed by atoms with Crippen LogP contribution in [0.15, 0.2) is 138 Å². The van der Waals surface area contributed by atoms with E-state index in [1.54, 1.807) is 0 Å². The lowest BCUT2D eigenvalue weighted by atomic mass is 9.79. The molecule has 0 spiro atoms. The van der Waals surface area contributed by atoms with Crippen molar-refractivity contribution in [2.24, 2.45) is 10.4 Å². The molecular formula is C59H72N2. The van der Waals surface area contributed by atoms with E-state index in [4.69, 9.17) is 4.99 Å². The summed E-state index contributed by atoms with van der Waals surface area (Å²) in [5.74, 6) is 0. The zero-order chi connectivity index (χ0) is 44.5. The predicted molar refractivity (Wildman–Crippen MR) is 268 cm³/mol. The van der Waals surface area contributed by atoms with Crippen LogP contribution in [0.1, 0.15) is 167 Å². The minimum atomic E-state index is 0.0542. The smallest absolute Gasteiger partial charge is 0.0815 e. The molecule has 2 aliphatic rings. The molecule has 0 atom stereocenters. The molecule has 1 aliphatic carbocycles. The van der Waals surface area contributed by atoms with Crippen LogP contribution in [0.25, 0.3) is 28.0 Å². The topological polar surface area (TPSA) is 28.1 Å². The third-order valence-electron chi connectivity index (χ3n) is 12.4. The highest BCUT2D eigenvalue weighted by Gasteiger charge is 2.30. The maximum Gasteiger partial charge on any atom is 0.0815 e. The van der Waals surface area contributed by atoms with Crippen LogP contribution in [0.5, 0.6) is 0 Å². The molecule has 2 nitrogen and oxygen atoms in total. The normalized spacial score (nSPS) is 15.7. The highest BCUT2D eigenvalue weighted by atomic mass is 14.8. The molecule has 7 rings (SSSR count). The van der Waals surface area contributed by atoms with Crippen LogP contribution in [-0.4, -0.2) is 10.7 Å². The third-order valence-corrected chi connectivity index (χ3v) is 12.4. The molecule has 61 heavy (non-hydrogen) atoms. The van der Waals surface area contributed by atoms with Gasteiger partial charge in [-0.25, -0.2) is 4.99 Å². The molecule has 0 bridgehead atoms. The summed E-state index contributed by atoms with van der Waals surface area (Å²) in [6, 6.07) is 38.8. The van der Waals surface area contributed by atoms with Crippen LogP contribution in [0.2, 0.25) is 0 Å². The molecule has 1 aromatic heterocycles. The summed E-state index contributed by atoms with van der Waals surface area (Å²) in [5.41, 5.74) is 20.9. The standard InChI is InChI=1S/C57H66N2.C2H6/c1-14-37-17-15-16-18-46(37)51(52-47(38-19-27-42(28-20-38)54(2,3)4)35-49(58-52)40-23-31-44(32-24-40)56(8,9)10)53-48(39-21-29-43(30-22-39)55(5,6)7)36-50(59-53)41-25-33-45(34-26-41)57(11,12)13;1-2/h15-21,23-29,31-36,59H,14,22,30H2,1-13H3;1-2H3/b52-51-;. The molecule has 0 saturated heterocycles. The number of allylic oxidation sites excluding steroid dienone is 6. The van der Waals surface area contributed by atoms with Crippen LogP contribution in [0, 0.1) is 5.41 Å². The van der Waals surface area contributed by atoms with Gasteiger partial charge in [0.25, 0.3) is 0 Å². The van der Waals surface area contributed by atoms with Gasteiger partial charge in [-0.2, -0.15) is 0 Å². The molecule has 5 aromatic rings. The molecule has 318 valence electrons. The van der Waals surface area contributed by atoms with Gasteiger partial charge < -0.3 is 4.98 Å². The molecule has 2 heteroatoms. The molecule has 0 amide bonds. The number of benzene rings is 4. The van der Waals surface area contributed by atoms with Crippen LogP contribution in [-0.2, 0) is 22.7 Å². The van der Waals surface area contributed by atoms with Gasteiger partial charge in [0.1, 0.15) is 0 Å². The Morgan fingerprint density at radius 3 is 1.56 bits per heavy atom. The van der Waals surface area contributed by atoms with Crippen LogP contribution < -0.4 is 0 Å². The Kier molecular flexibility index (Phi) is 13.1. The van der Waals surface area contributed by atoms with Crippen molar-refractivity contribution < 1.29 is 0 Å². The first-order chi connectivity index (χ1) is 28.7. The van der Waals surface area contributed by atoms with Crippen LogP contribution in [0.3, 0.4) is 0 Å². The number of aryl methyl sites for hydroxylation is 1. The first kappa shape index (κ1) is 45.3. The second-order valence-electron chi connectivity index (χ2n) is 20.9. The fourth-order valence-corrected chi connectivity index (χ4v) is 8.42. The quantitative estimate of drug-likeness (QED) is 0.170. The second-order valence-corrected chi connectivity index (χ2v) is 20.9. The van der Waals surface area contributed by atoms with E-state index in [-0.39, 0.29) is 21.7 Å². The van der Waals surface area contributed by atoms with Gasteiger partial charge in [0.2, 0.25) is 0 Å². The minimum Gasteiger partial charge on any atom is -0.354 e. The van der Waals surface area contributed by atoms with Crippen molar-refractivity contribution in [3.63, 3.8) is 0 Å². The molecule has 0 unspecified atom stereocenters. The number of aromatic amines is 1. The molecule has 0 fully saturated rings. The first-order valence-electron chi connectivity index (χ1n) is 22.8. The van der Waals surface area contributed by atoms with Crippen molar-refractivity contribution in [3.05, 3.63) is 183 Å². The van der Waals surface area contributed by atoms with Gasteiger partial charge in [-0.3, -0.25) is 0 Å². The van der Waals surface area contributed by atoms with E-state index in [0.717, 1.165) is 58.8 Å². The molecule has 2 heterocycles. The summed E-state index contributed by atoms with van der Waals surface area (Å²) in [6.45, 7) is 33.8. The van der Waals surface area contributed by atoms with E-state index in [9.17, 15) is 0 Å². The number of H-pyrrole nitrogens is 1. The van der Waals surface area contributed by atoms with Gasteiger partial charge in [0, 0.05) is 28.0 Å². The van der Waals surface area contributed by atoms with E-state index in [1.165, 1.54) is 55.7 Å². The number of rotatable bonds is 7. The Balaban J connectivity index is 0.00000307. The Bertz CT molecular complexity index is 2490. The van der Waals surface area contributed by atoms with E-state index in [2.05, 4.69) is 216 Å². The van der Waals surface area contributed by atoms with Crippen molar-refractivity contribution in [1.29, 1.82) is 0 Å². The van der Waals surface area contributed by atoms with Crippen molar-refractivity contribution in [1.82, 2.24) is 4.98 Å². The largest absolute Gasteiger partial charge is 0.354 e. The highest BCUT2D eigenvalue weighted by molar-refractivity contribution is 6.20. The SMILES string of the molecule is CC.CCc1ccccc1/C(=C1/N=C(c2ccc(C(C)(C)C)cc2)C=C1c1ccc(C(C)(C)C)cc1)c1[nH]c(-c2ccc(C(C)(C)C)cc2)cc1C1=CC=C(C(C)(C)C)CC1. The summed E-state index contributed by atoms with van der Waals surface area (Å²) in [5, 5.41) is 0. The zero-order valence-electron chi connectivity index (χ0n) is 40.1. The molecule has 1 aliphatic heterocycles. The Hall–Kier alpha value is -5.21. The average molecular weight is 809 g/mol. The van der Waals surface area contributed by atoms with E-state index < -0.39 is 0 Å². The van der Waals surface area contributed by atoms with Gasteiger partial charge in [0.15, 0.2) is 0 Å². The summed E-state index contributed by atoms with van der Waals surface area (Å²) >= 11 is 0. The van der Waals surface area contributed by atoms with Crippen LogP contribution >= 0.6 is 0 Å². The molecule has 4 aromatic carbocycles. The van der Waals surface area contributed by atoms with Crippen LogP contribution in [0.4, 0.5) is 0 Å². The minimum absolute atomic E-state index is 0.0542. The average Bonchev–Trinajstić information content (AvgIpc) is 3.87. The van der Waals surface area contributed by atoms with E-state index >= 15 is 0 Å².